The molecule has 0 aliphatic rings. The van der Waals surface area contributed by atoms with Gasteiger partial charge in [0.1, 0.15) is 11.5 Å². The number of amides is 1. The van der Waals surface area contributed by atoms with Gasteiger partial charge >= 0.3 is 0 Å². The zero-order chi connectivity index (χ0) is 19.2. The summed E-state index contributed by atoms with van der Waals surface area (Å²) in [5.41, 5.74) is 2.11. The highest BCUT2D eigenvalue weighted by Gasteiger charge is 2.15. The Bertz CT molecular complexity index is 736. The molecule has 1 amide bonds. The SMILES string of the molecule is COc1ccc(NC(=O)CCCOc2ccc(C(C)(C)C)cc2Br)cc1. The van der Waals surface area contributed by atoms with E-state index in [1.807, 2.05) is 30.3 Å². The van der Waals surface area contributed by atoms with Crippen LogP contribution in [0.5, 0.6) is 11.5 Å². The predicted molar refractivity (Wildman–Crippen MR) is 109 cm³/mol. The number of ether oxygens (including phenoxy) is 2. The maximum absolute atomic E-state index is 12.0. The molecule has 4 nitrogen and oxygen atoms in total. The average molecular weight is 420 g/mol. The third-order valence-corrected chi connectivity index (χ3v) is 4.60. The first-order valence-electron chi connectivity index (χ1n) is 8.66. The standard InChI is InChI=1S/C21H26BrNO3/c1-21(2,3)15-7-12-19(18(22)14-15)26-13-5-6-20(24)23-16-8-10-17(25-4)11-9-16/h7-12,14H,5-6,13H2,1-4H3,(H,23,24). The van der Waals surface area contributed by atoms with Crippen molar-refractivity contribution in [2.45, 2.75) is 39.0 Å². The molecular weight excluding hydrogens is 394 g/mol. The van der Waals surface area contributed by atoms with E-state index in [2.05, 4.69) is 54.2 Å². The number of hydrogen-bond donors (Lipinski definition) is 1. The summed E-state index contributed by atoms with van der Waals surface area (Å²) in [6, 6.07) is 13.4. The molecule has 0 aromatic heterocycles. The highest BCUT2D eigenvalue weighted by molar-refractivity contribution is 9.10. The van der Waals surface area contributed by atoms with Crippen molar-refractivity contribution in [1.82, 2.24) is 0 Å². The third-order valence-electron chi connectivity index (χ3n) is 3.98. The fourth-order valence-corrected chi connectivity index (χ4v) is 2.89. The number of halogens is 1. The van der Waals surface area contributed by atoms with Crippen molar-refractivity contribution < 1.29 is 14.3 Å². The fourth-order valence-electron chi connectivity index (χ4n) is 2.40. The van der Waals surface area contributed by atoms with Crippen LogP contribution in [0.1, 0.15) is 39.2 Å². The lowest BCUT2D eigenvalue weighted by Gasteiger charge is -2.20. The van der Waals surface area contributed by atoms with Gasteiger partial charge in [-0.05, 0) is 69.7 Å². The number of benzene rings is 2. The second kappa shape index (κ2) is 9.08. The van der Waals surface area contributed by atoms with Gasteiger partial charge in [-0.3, -0.25) is 4.79 Å². The summed E-state index contributed by atoms with van der Waals surface area (Å²) in [6.45, 7) is 7.02. The van der Waals surface area contributed by atoms with E-state index in [-0.39, 0.29) is 11.3 Å². The Kier molecular flexibility index (Phi) is 7.09. The molecule has 0 fully saturated rings. The highest BCUT2D eigenvalue weighted by Crippen LogP contribution is 2.31. The van der Waals surface area contributed by atoms with Gasteiger partial charge in [0, 0.05) is 12.1 Å². The van der Waals surface area contributed by atoms with Crippen LogP contribution in [-0.4, -0.2) is 19.6 Å². The van der Waals surface area contributed by atoms with E-state index in [0.717, 1.165) is 21.7 Å². The van der Waals surface area contributed by atoms with E-state index in [9.17, 15) is 4.79 Å². The summed E-state index contributed by atoms with van der Waals surface area (Å²) in [7, 11) is 1.61. The van der Waals surface area contributed by atoms with E-state index < -0.39 is 0 Å². The van der Waals surface area contributed by atoms with Crippen LogP contribution in [0.2, 0.25) is 0 Å². The van der Waals surface area contributed by atoms with Gasteiger partial charge in [0.25, 0.3) is 0 Å². The Balaban J connectivity index is 1.76. The Hall–Kier alpha value is -2.01. The lowest BCUT2D eigenvalue weighted by molar-refractivity contribution is -0.116. The van der Waals surface area contributed by atoms with Crippen LogP contribution in [0.3, 0.4) is 0 Å². The van der Waals surface area contributed by atoms with E-state index in [4.69, 9.17) is 9.47 Å². The summed E-state index contributed by atoms with van der Waals surface area (Å²) in [4.78, 5) is 12.0. The molecule has 140 valence electrons. The summed E-state index contributed by atoms with van der Waals surface area (Å²) in [5.74, 6) is 1.54. The molecule has 0 aliphatic heterocycles. The number of carbonyl (C=O) groups excluding carboxylic acids is 1. The lowest BCUT2D eigenvalue weighted by atomic mass is 9.87. The maximum Gasteiger partial charge on any atom is 0.224 e. The van der Waals surface area contributed by atoms with Gasteiger partial charge in [-0.25, -0.2) is 0 Å². The average Bonchev–Trinajstić information content (AvgIpc) is 2.59. The molecule has 0 unspecified atom stereocenters. The van der Waals surface area contributed by atoms with E-state index in [1.165, 1.54) is 5.56 Å². The van der Waals surface area contributed by atoms with E-state index in [0.29, 0.717) is 19.4 Å². The molecule has 2 aromatic rings. The minimum absolute atomic E-state index is 0.0269. The van der Waals surface area contributed by atoms with Crippen molar-refractivity contribution in [1.29, 1.82) is 0 Å². The molecule has 0 bridgehead atoms. The van der Waals surface area contributed by atoms with E-state index >= 15 is 0 Å². The largest absolute Gasteiger partial charge is 0.497 e. The molecule has 2 aromatic carbocycles. The first kappa shape index (κ1) is 20.3. The topological polar surface area (TPSA) is 47.6 Å². The predicted octanol–water partition coefficient (Wildman–Crippen LogP) is 5.55. The number of hydrogen-bond acceptors (Lipinski definition) is 3. The third kappa shape index (κ3) is 6.06. The van der Waals surface area contributed by atoms with Crippen LogP contribution in [0.25, 0.3) is 0 Å². The molecule has 0 saturated carbocycles. The first-order valence-corrected chi connectivity index (χ1v) is 9.45. The lowest BCUT2D eigenvalue weighted by Crippen LogP contribution is -2.13. The molecule has 0 atom stereocenters. The Morgan fingerprint density at radius 1 is 1.12 bits per heavy atom. The molecule has 0 radical (unpaired) electrons. The summed E-state index contributed by atoms with van der Waals surface area (Å²) in [6.07, 6.45) is 1.05. The quantitative estimate of drug-likeness (QED) is 0.598. The Morgan fingerprint density at radius 3 is 2.38 bits per heavy atom. The number of anilines is 1. The molecular formula is C21H26BrNO3. The zero-order valence-electron chi connectivity index (χ0n) is 15.8. The van der Waals surface area contributed by atoms with Crippen LogP contribution in [0.15, 0.2) is 46.9 Å². The molecule has 0 heterocycles. The van der Waals surface area contributed by atoms with Crippen LogP contribution < -0.4 is 14.8 Å². The minimum Gasteiger partial charge on any atom is -0.497 e. The molecule has 26 heavy (non-hydrogen) atoms. The van der Waals surface area contributed by atoms with Crippen molar-refractivity contribution in [2.24, 2.45) is 0 Å². The van der Waals surface area contributed by atoms with Gasteiger partial charge in [-0.2, -0.15) is 0 Å². The molecule has 2 rings (SSSR count). The normalized spacial score (nSPS) is 11.1. The van der Waals surface area contributed by atoms with E-state index in [1.54, 1.807) is 7.11 Å². The number of methoxy groups -OCH3 is 1. The van der Waals surface area contributed by atoms with Crippen LogP contribution in [0.4, 0.5) is 5.69 Å². The second-order valence-corrected chi connectivity index (χ2v) is 7.98. The molecule has 5 heteroatoms. The van der Waals surface area contributed by atoms with Crippen molar-refractivity contribution in [3.05, 3.63) is 52.5 Å². The van der Waals surface area contributed by atoms with Crippen molar-refractivity contribution in [3.63, 3.8) is 0 Å². The van der Waals surface area contributed by atoms with Gasteiger partial charge in [-0.15, -0.1) is 0 Å². The number of nitrogens with one attached hydrogen (secondary N) is 1. The second-order valence-electron chi connectivity index (χ2n) is 7.12. The molecule has 0 spiro atoms. The summed E-state index contributed by atoms with van der Waals surface area (Å²) in [5, 5.41) is 2.87. The van der Waals surface area contributed by atoms with Crippen LogP contribution >= 0.6 is 15.9 Å². The van der Waals surface area contributed by atoms with Gasteiger partial charge in [0.05, 0.1) is 18.2 Å². The van der Waals surface area contributed by atoms with Crippen molar-refractivity contribution >= 4 is 27.5 Å². The number of rotatable bonds is 7. The summed E-state index contributed by atoms with van der Waals surface area (Å²) >= 11 is 3.56. The molecule has 0 saturated heterocycles. The van der Waals surface area contributed by atoms with Crippen molar-refractivity contribution in [3.8, 4) is 11.5 Å². The smallest absolute Gasteiger partial charge is 0.224 e. The van der Waals surface area contributed by atoms with Crippen LogP contribution in [0, 0.1) is 0 Å². The van der Waals surface area contributed by atoms with Gasteiger partial charge in [0.2, 0.25) is 5.91 Å². The first-order chi connectivity index (χ1) is 12.3. The molecule has 1 N–H and O–H groups in total. The summed E-state index contributed by atoms with van der Waals surface area (Å²) < 4.78 is 11.8. The van der Waals surface area contributed by atoms with Crippen LogP contribution in [-0.2, 0) is 10.2 Å². The fraction of sp³-hybridized carbons (Fsp3) is 0.381. The minimum atomic E-state index is -0.0269. The van der Waals surface area contributed by atoms with Gasteiger partial charge in [0.15, 0.2) is 0 Å². The Morgan fingerprint density at radius 2 is 1.81 bits per heavy atom. The monoisotopic (exact) mass is 419 g/mol. The number of carbonyl (C=O) groups is 1. The van der Waals surface area contributed by atoms with Gasteiger partial charge < -0.3 is 14.8 Å². The maximum atomic E-state index is 12.0. The zero-order valence-corrected chi connectivity index (χ0v) is 17.4. The van der Waals surface area contributed by atoms with Crippen molar-refractivity contribution in [2.75, 3.05) is 19.0 Å². The Labute approximate surface area is 164 Å². The molecule has 0 aliphatic carbocycles. The highest BCUT2D eigenvalue weighted by atomic mass is 79.9. The van der Waals surface area contributed by atoms with Gasteiger partial charge in [-0.1, -0.05) is 26.8 Å².